The predicted molar refractivity (Wildman–Crippen MR) is 91.3 cm³/mol. The quantitative estimate of drug-likeness (QED) is 0.699. The molecule has 1 aliphatic rings. The van der Waals surface area contributed by atoms with Crippen LogP contribution in [0.5, 0.6) is 0 Å². The maximum absolute atomic E-state index is 2.39. The number of fused-ring (bicyclic) bond motifs is 1. The molecule has 1 aliphatic carbocycles. The van der Waals surface area contributed by atoms with Crippen molar-refractivity contribution < 1.29 is 0 Å². The number of allylic oxidation sites excluding steroid dienone is 1. The Morgan fingerprint density at radius 1 is 1.00 bits per heavy atom. The summed E-state index contributed by atoms with van der Waals surface area (Å²) in [4.78, 5) is 1.44. The van der Waals surface area contributed by atoms with Crippen molar-refractivity contribution in [3.05, 3.63) is 59.2 Å². The van der Waals surface area contributed by atoms with Crippen molar-refractivity contribution in [2.45, 2.75) is 24.7 Å². The number of hydrogen-bond donors (Lipinski definition) is 0. The van der Waals surface area contributed by atoms with E-state index in [4.69, 9.17) is 0 Å². The average molecular weight is 281 g/mol. The molecule has 0 saturated carbocycles. The topological polar surface area (TPSA) is 0 Å². The van der Waals surface area contributed by atoms with Crippen LogP contribution in [0.1, 0.15) is 24.5 Å². The van der Waals surface area contributed by atoms with Gasteiger partial charge in [-0.3, -0.25) is 0 Å². The molecular formula is C19H21S+. The molecule has 0 aliphatic heterocycles. The largest absolute Gasteiger partial charge is 0.154 e. The number of hydrogen-bond acceptors (Lipinski definition) is 0. The molecule has 20 heavy (non-hydrogen) atoms. The highest BCUT2D eigenvalue weighted by Gasteiger charge is 2.16. The van der Waals surface area contributed by atoms with Crippen LogP contribution in [0.4, 0.5) is 0 Å². The molecule has 3 rings (SSSR count). The van der Waals surface area contributed by atoms with E-state index in [-0.39, 0.29) is 0 Å². The summed E-state index contributed by atoms with van der Waals surface area (Å²) in [6.45, 7) is 2.25. The van der Waals surface area contributed by atoms with E-state index in [1.54, 1.807) is 5.57 Å². The molecule has 0 unspecified atom stereocenters. The molecule has 0 fully saturated rings. The van der Waals surface area contributed by atoms with Crippen LogP contribution in [0.2, 0.25) is 0 Å². The van der Waals surface area contributed by atoms with Gasteiger partial charge in [0, 0.05) is 10.9 Å². The van der Waals surface area contributed by atoms with E-state index >= 15 is 0 Å². The van der Waals surface area contributed by atoms with Gasteiger partial charge in [0.2, 0.25) is 0 Å². The summed E-state index contributed by atoms with van der Waals surface area (Å²) in [6, 6.07) is 15.8. The second-order valence-electron chi connectivity index (χ2n) is 5.55. The standard InChI is InChI=1S/C19H21S/c1-4-14-12-16-6-5-7-18(19(16)13-14)15-8-10-17(11-9-15)20(2)3/h5-11,13H,4,12H2,1-3H3/q+1. The van der Waals surface area contributed by atoms with Gasteiger partial charge in [-0.1, -0.05) is 36.8 Å². The number of rotatable bonds is 3. The molecule has 0 radical (unpaired) electrons. The fourth-order valence-corrected chi connectivity index (χ4v) is 3.50. The minimum atomic E-state index is 0.338. The highest BCUT2D eigenvalue weighted by molar-refractivity contribution is 7.95. The van der Waals surface area contributed by atoms with Gasteiger partial charge in [-0.2, -0.15) is 0 Å². The second-order valence-corrected chi connectivity index (χ2v) is 7.66. The van der Waals surface area contributed by atoms with Crippen molar-refractivity contribution in [2.75, 3.05) is 12.5 Å². The zero-order valence-electron chi connectivity index (χ0n) is 12.4. The van der Waals surface area contributed by atoms with Gasteiger partial charge in [0.1, 0.15) is 12.5 Å². The first-order valence-electron chi connectivity index (χ1n) is 7.18. The minimum absolute atomic E-state index is 0.338. The van der Waals surface area contributed by atoms with E-state index in [0.717, 1.165) is 12.8 Å². The molecule has 2 aromatic rings. The van der Waals surface area contributed by atoms with Gasteiger partial charge >= 0.3 is 0 Å². The summed E-state index contributed by atoms with van der Waals surface area (Å²) >= 11 is 0. The normalized spacial score (nSPS) is 13.5. The van der Waals surface area contributed by atoms with Crippen molar-refractivity contribution in [3.8, 4) is 11.1 Å². The minimum Gasteiger partial charge on any atom is -0.0655 e. The Kier molecular flexibility index (Phi) is 3.71. The highest BCUT2D eigenvalue weighted by atomic mass is 32.2. The lowest BCUT2D eigenvalue weighted by molar-refractivity contribution is 1.04. The Hall–Kier alpha value is -1.47. The zero-order chi connectivity index (χ0) is 14.1. The lowest BCUT2D eigenvalue weighted by Crippen LogP contribution is -1.95. The lowest BCUT2D eigenvalue weighted by Gasteiger charge is -2.08. The van der Waals surface area contributed by atoms with E-state index in [1.165, 1.54) is 27.1 Å². The van der Waals surface area contributed by atoms with Crippen molar-refractivity contribution in [3.63, 3.8) is 0 Å². The van der Waals surface area contributed by atoms with Gasteiger partial charge in [-0.15, -0.1) is 0 Å². The van der Waals surface area contributed by atoms with Crippen LogP contribution in [0.15, 0.2) is 52.9 Å². The third kappa shape index (κ3) is 2.43. The maximum atomic E-state index is 2.39. The second kappa shape index (κ2) is 5.49. The summed E-state index contributed by atoms with van der Waals surface area (Å²) in [7, 11) is 0.338. The smallest absolute Gasteiger partial charge is 0.0655 e. The van der Waals surface area contributed by atoms with Crippen LogP contribution >= 0.6 is 0 Å². The third-order valence-corrected chi connectivity index (χ3v) is 5.27. The molecule has 0 spiro atoms. The van der Waals surface area contributed by atoms with Gasteiger partial charge < -0.3 is 0 Å². The Morgan fingerprint density at radius 3 is 2.40 bits per heavy atom. The zero-order valence-corrected chi connectivity index (χ0v) is 13.3. The summed E-state index contributed by atoms with van der Waals surface area (Å²) < 4.78 is 0. The van der Waals surface area contributed by atoms with Gasteiger partial charge in [-0.25, -0.2) is 0 Å². The van der Waals surface area contributed by atoms with Crippen LogP contribution in [-0.2, 0) is 17.3 Å². The average Bonchev–Trinajstić information content (AvgIpc) is 2.90. The van der Waals surface area contributed by atoms with Crippen molar-refractivity contribution in [1.29, 1.82) is 0 Å². The first-order chi connectivity index (χ1) is 9.69. The van der Waals surface area contributed by atoms with Crippen LogP contribution in [0, 0.1) is 0 Å². The molecule has 0 nitrogen and oxygen atoms in total. The van der Waals surface area contributed by atoms with Crippen molar-refractivity contribution >= 4 is 17.0 Å². The first kappa shape index (κ1) is 13.5. The monoisotopic (exact) mass is 281 g/mol. The van der Waals surface area contributed by atoms with Crippen LogP contribution in [-0.4, -0.2) is 12.5 Å². The summed E-state index contributed by atoms with van der Waals surface area (Å²) in [5.74, 6) is 0. The molecule has 0 bridgehead atoms. The molecule has 0 saturated heterocycles. The summed E-state index contributed by atoms with van der Waals surface area (Å²) in [6.07, 6.45) is 9.21. The van der Waals surface area contributed by atoms with E-state index in [1.807, 2.05) is 0 Å². The molecule has 0 heterocycles. The van der Waals surface area contributed by atoms with Crippen LogP contribution < -0.4 is 0 Å². The molecule has 0 amide bonds. The van der Waals surface area contributed by atoms with Gasteiger partial charge in [0.25, 0.3) is 0 Å². The highest BCUT2D eigenvalue weighted by Crippen LogP contribution is 2.35. The first-order valence-corrected chi connectivity index (χ1v) is 9.22. The van der Waals surface area contributed by atoms with Crippen molar-refractivity contribution in [2.24, 2.45) is 0 Å². The van der Waals surface area contributed by atoms with Gasteiger partial charge in [-0.05, 0) is 59.4 Å². The molecule has 102 valence electrons. The summed E-state index contributed by atoms with van der Waals surface area (Å²) in [5.41, 5.74) is 7.18. The predicted octanol–water partition coefficient (Wildman–Crippen LogP) is 4.94. The van der Waals surface area contributed by atoms with E-state index in [9.17, 15) is 0 Å². The molecular weight excluding hydrogens is 260 g/mol. The Balaban J connectivity index is 2.03. The molecule has 0 N–H and O–H groups in total. The van der Waals surface area contributed by atoms with Gasteiger partial charge in [0.05, 0.1) is 0 Å². The molecule has 0 atom stereocenters. The Labute approximate surface area is 124 Å². The van der Waals surface area contributed by atoms with Crippen molar-refractivity contribution in [1.82, 2.24) is 0 Å². The Bertz CT molecular complexity index is 648. The molecule has 1 heteroatoms. The van der Waals surface area contributed by atoms with Crippen LogP contribution in [0.25, 0.3) is 17.2 Å². The maximum Gasteiger partial charge on any atom is 0.154 e. The fraction of sp³-hybridized carbons (Fsp3) is 0.263. The number of benzene rings is 2. The molecule has 0 aromatic heterocycles. The SMILES string of the molecule is CCC1=Cc2c(cccc2-c2ccc([S+](C)C)cc2)C1. The molecule has 2 aromatic carbocycles. The van der Waals surface area contributed by atoms with Gasteiger partial charge in [0.15, 0.2) is 4.90 Å². The van der Waals surface area contributed by atoms with E-state index < -0.39 is 0 Å². The Morgan fingerprint density at radius 2 is 1.75 bits per heavy atom. The van der Waals surface area contributed by atoms with E-state index in [0.29, 0.717) is 10.9 Å². The van der Waals surface area contributed by atoms with E-state index in [2.05, 4.69) is 68.0 Å². The lowest BCUT2D eigenvalue weighted by atomic mass is 9.97. The van der Waals surface area contributed by atoms with Crippen LogP contribution in [0.3, 0.4) is 0 Å². The third-order valence-electron chi connectivity index (χ3n) is 4.05. The summed E-state index contributed by atoms with van der Waals surface area (Å²) in [5, 5.41) is 0. The fourth-order valence-electron chi connectivity index (χ4n) is 2.82.